The minimum absolute atomic E-state index is 0.00369. The van der Waals surface area contributed by atoms with Crippen molar-refractivity contribution >= 4 is 53.4 Å². The standard InChI is InChI=1S/C33H56N6O13/c1-16(2)13-19(34)28(46)35-20(7-10-25(40)41)29(47)36-21(8-11-26(42)43)30(48)37-22(9-12-27(44)45)31(49)38-23(14-17(3)4)32(50)39-24(33(51)52)15-18(5)6/h16-24H,7-15,34H2,1-6H3,(H,35,46)(H,36,47)(H,37,48)(H,38,49)(H,39,50)(H,40,41)(H,42,43)(H,44,45)(H,51,52)/t19-,20-,21-,22-,23-,24-/m0/s1. The van der Waals surface area contributed by atoms with Gasteiger partial charge in [-0.05, 0) is 56.3 Å². The first kappa shape index (κ1) is 47.2. The molecule has 0 aromatic heterocycles. The molecule has 0 bridgehead atoms. The number of carbonyl (C=O) groups excluding carboxylic acids is 5. The van der Waals surface area contributed by atoms with E-state index in [0.717, 1.165) is 0 Å². The van der Waals surface area contributed by atoms with E-state index in [2.05, 4.69) is 26.6 Å². The van der Waals surface area contributed by atoms with Crippen molar-refractivity contribution < 1.29 is 63.6 Å². The number of hydrogen-bond acceptors (Lipinski definition) is 10. The highest BCUT2D eigenvalue weighted by Gasteiger charge is 2.34. The van der Waals surface area contributed by atoms with Crippen molar-refractivity contribution in [1.82, 2.24) is 26.6 Å². The van der Waals surface area contributed by atoms with E-state index in [9.17, 15) is 63.6 Å². The summed E-state index contributed by atoms with van der Waals surface area (Å²) in [6, 6.07) is -8.42. The molecule has 19 heteroatoms. The van der Waals surface area contributed by atoms with Gasteiger partial charge in [-0.2, -0.15) is 0 Å². The summed E-state index contributed by atoms with van der Waals surface area (Å²) in [6.07, 6.45) is -2.96. The molecule has 0 saturated heterocycles. The fraction of sp³-hybridized carbons (Fsp3) is 0.727. The van der Waals surface area contributed by atoms with E-state index >= 15 is 0 Å². The lowest BCUT2D eigenvalue weighted by Gasteiger charge is -2.27. The lowest BCUT2D eigenvalue weighted by Crippen LogP contribution is -2.59. The molecule has 0 rings (SSSR count). The van der Waals surface area contributed by atoms with Gasteiger partial charge in [0, 0.05) is 19.3 Å². The number of rotatable bonds is 26. The smallest absolute Gasteiger partial charge is 0.326 e. The molecular formula is C33H56N6O13. The molecule has 0 spiro atoms. The van der Waals surface area contributed by atoms with Crippen LogP contribution in [-0.4, -0.2) is 110 Å². The van der Waals surface area contributed by atoms with E-state index in [1.165, 1.54) is 0 Å². The van der Waals surface area contributed by atoms with E-state index in [0.29, 0.717) is 0 Å². The van der Waals surface area contributed by atoms with Crippen LogP contribution in [0.2, 0.25) is 0 Å². The van der Waals surface area contributed by atoms with Crippen LogP contribution in [0.5, 0.6) is 0 Å². The molecule has 0 aliphatic carbocycles. The Kier molecular flexibility index (Phi) is 21.4. The van der Waals surface area contributed by atoms with Crippen molar-refractivity contribution in [2.24, 2.45) is 23.5 Å². The van der Waals surface area contributed by atoms with Crippen LogP contribution in [0, 0.1) is 17.8 Å². The SMILES string of the molecule is CC(C)C[C@H](NC(=O)[C@H](CC(C)C)NC(=O)[C@H](CCC(=O)O)NC(=O)[C@H](CCC(=O)O)NC(=O)[C@H](CCC(=O)O)NC(=O)[C@@H](N)CC(C)C)C(=O)O. The van der Waals surface area contributed by atoms with Gasteiger partial charge in [-0.15, -0.1) is 0 Å². The largest absolute Gasteiger partial charge is 0.481 e. The minimum atomic E-state index is -1.67. The molecule has 0 aromatic carbocycles. The van der Waals surface area contributed by atoms with Crippen LogP contribution in [0.25, 0.3) is 0 Å². The Morgan fingerprint density at radius 1 is 0.423 bits per heavy atom. The second-order valence-corrected chi connectivity index (χ2v) is 13.9. The van der Waals surface area contributed by atoms with Crippen molar-refractivity contribution in [3.63, 3.8) is 0 Å². The molecule has 0 heterocycles. The third kappa shape index (κ3) is 20.1. The summed E-state index contributed by atoms with van der Waals surface area (Å²) in [5.41, 5.74) is 5.90. The number of hydrogen-bond donors (Lipinski definition) is 10. The van der Waals surface area contributed by atoms with Crippen molar-refractivity contribution in [3.05, 3.63) is 0 Å². The van der Waals surface area contributed by atoms with Crippen LogP contribution in [0.3, 0.4) is 0 Å². The predicted octanol–water partition coefficient (Wildman–Crippen LogP) is -0.445. The summed E-state index contributed by atoms with van der Waals surface area (Å²) in [5, 5.41) is 49.2. The van der Waals surface area contributed by atoms with Gasteiger partial charge in [-0.1, -0.05) is 41.5 Å². The molecule has 52 heavy (non-hydrogen) atoms. The summed E-state index contributed by atoms with van der Waals surface area (Å²) < 4.78 is 0. The number of aliphatic carboxylic acids is 4. The zero-order chi connectivity index (χ0) is 40.3. The summed E-state index contributed by atoms with van der Waals surface area (Å²) in [5.74, 6) is -10.4. The van der Waals surface area contributed by atoms with E-state index < -0.39 is 128 Å². The average molecular weight is 745 g/mol. The molecule has 0 radical (unpaired) electrons. The highest BCUT2D eigenvalue weighted by molar-refractivity contribution is 5.96. The quantitative estimate of drug-likeness (QED) is 0.0537. The lowest BCUT2D eigenvalue weighted by molar-refractivity contribution is -0.143. The topological polar surface area (TPSA) is 321 Å². The van der Waals surface area contributed by atoms with Gasteiger partial charge < -0.3 is 52.7 Å². The maximum atomic E-state index is 13.5. The lowest BCUT2D eigenvalue weighted by atomic mass is 10.00. The third-order valence-electron chi connectivity index (χ3n) is 7.56. The number of nitrogens with two attached hydrogens (primary N) is 1. The highest BCUT2D eigenvalue weighted by Crippen LogP contribution is 2.11. The molecule has 0 aliphatic heterocycles. The van der Waals surface area contributed by atoms with Crippen LogP contribution in [0.1, 0.15) is 99.3 Å². The molecule has 5 amide bonds. The molecule has 296 valence electrons. The molecule has 0 saturated carbocycles. The second kappa shape index (κ2) is 23.6. The van der Waals surface area contributed by atoms with E-state index in [1.807, 2.05) is 0 Å². The van der Waals surface area contributed by atoms with Crippen molar-refractivity contribution in [2.75, 3.05) is 0 Å². The van der Waals surface area contributed by atoms with Crippen LogP contribution in [0.4, 0.5) is 0 Å². The molecule has 6 atom stereocenters. The van der Waals surface area contributed by atoms with E-state index in [4.69, 9.17) is 5.73 Å². The Morgan fingerprint density at radius 2 is 0.692 bits per heavy atom. The summed E-state index contributed by atoms with van der Waals surface area (Å²) >= 11 is 0. The molecule has 0 fully saturated rings. The minimum Gasteiger partial charge on any atom is -0.481 e. The number of amides is 5. The van der Waals surface area contributed by atoms with Gasteiger partial charge in [0.25, 0.3) is 0 Å². The zero-order valence-electron chi connectivity index (χ0n) is 30.6. The number of carbonyl (C=O) groups is 9. The van der Waals surface area contributed by atoms with Gasteiger partial charge in [-0.3, -0.25) is 38.4 Å². The normalized spacial score (nSPS) is 14.7. The summed E-state index contributed by atoms with van der Waals surface area (Å²) in [6.45, 7) is 10.6. The molecular weight excluding hydrogens is 688 g/mol. The fourth-order valence-corrected chi connectivity index (χ4v) is 4.99. The second-order valence-electron chi connectivity index (χ2n) is 13.9. The van der Waals surface area contributed by atoms with Crippen molar-refractivity contribution in [2.45, 2.75) is 136 Å². The molecule has 11 N–H and O–H groups in total. The van der Waals surface area contributed by atoms with Gasteiger partial charge in [0.15, 0.2) is 0 Å². The maximum Gasteiger partial charge on any atom is 0.326 e. The summed E-state index contributed by atoms with van der Waals surface area (Å²) in [4.78, 5) is 112. The monoisotopic (exact) mass is 744 g/mol. The Hall–Kier alpha value is -4.81. The number of carboxylic acids is 4. The van der Waals surface area contributed by atoms with Crippen LogP contribution in [0.15, 0.2) is 0 Å². The van der Waals surface area contributed by atoms with E-state index in [-0.39, 0.29) is 37.0 Å². The van der Waals surface area contributed by atoms with Gasteiger partial charge in [-0.25, -0.2) is 4.79 Å². The maximum absolute atomic E-state index is 13.5. The average Bonchev–Trinajstić information content (AvgIpc) is 3.00. The highest BCUT2D eigenvalue weighted by atomic mass is 16.4. The van der Waals surface area contributed by atoms with E-state index in [1.54, 1.807) is 41.5 Å². The van der Waals surface area contributed by atoms with Crippen molar-refractivity contribution in [1.29, 1.82) is 0 Å². The van der Waals surface area contributed by atoms with Crippen LogP contribution in [-0.2, 0) is 43.2 Å². The number of nitrogens with one attached hydrogen (secondary N) is 5. The fourth-order valence-electron chi connectivity index (χ4n) is 4.99. The first-order chi connectivity index (χ1) is 24.0. The molecule has 0 unspecified atom stereocenters. The van der Waals surface area contributed by atoms with Gasteiger partial charge in [0.1, 0.15) is 30.2 Å². The molecule has 0 aromatic rings. The Morgan fingerprint density at radius 3 is 1.00 bits per heavy atom. The van der Waals surface area contributed by atoms with Crippen LogP contribution >= 0.6 is 0 Å². The summed E-state index contributed by atoms with van der Waals surface area (Å²) in [7, 11) is 0. The Balaban J connectivity index is 6.35. The Labute approximate surface area is 302 Å². The first-order valence-corrected chi connectivity index (χ1v) is 17.2. The zero-order valence-corrected chi connectivity index (χ0v) is 30.6. The van der Waals surface area contributed by atoms with Crippen molar-refractivity contribution in [3.8, 4) is 0 Å². The Bertz CT molecular complexity index is 1270. The van der Waals surface area contributed by atoms with Gasteiger partial charge in [0.2, 0.25) is 29.5 Å². The predicted molar refractivity (Wildman–Crippen MR) is 184 cm³/mol. The van der Waals surface area contributed by atoms with Crippen LogP contribution < -0.4 is 32.3 Å². The third-order valence-corrected chi connectivity index (χ3v) is 7.56. The number of carboxylic acid groups (broad SMARTS) is 4. The van der Waals surface area contributed by atoms with Gasteiger partial charge >= 0.3 is 23.9 Å². The van der Waals surface area contributed by atoms with Gasteiger partial charge in [0.05, 0.1) is 6.04 Å². The first-order valence-electron chi connectivity index (χ1n) is 17.2. The molecule has 0 aliphatic rings. The molecule has 19 nitrogen and oxygen atoms in total.